The molecule has 0 radical (unpaired) electrons. The zero-order valence-electron chi connectivity index (χ0n) is 12.2. The van der Waals surface area contributed by atoms with E-state index < -0.39 is 23.1 Å². The van der Waals surface area contributed by atoms with Crippen molar-refractivity contribution in [2.45, 2.75) is 6.61 Å². The Hall–Kier alpha value is -2.73. The van der Waals surface area contributed by atoms with Crippen LogP contribution in [0.15, 0.2) is 42.5 Å². The number of pyridine rings is 1. The molecule has 7 heteroatoms. The molecule has 0 spiro atoms. The van der Waals surface area contributed by atoms with Gasteiger partial charge in [0.2, 0.25) is 0 Å². The van der Waals surface area contributed by atoms with Crippen LogP contribution in [0.4, 0.5) is 8.78 Å². The largest absolute Gasteiger partial charge is 0.484 e. The van der Waals surface area contributed by atoms with E-state index in [0.717, 1.165) is 17.5 Å². The summed E-state index contributed by atoms with van der Waals surface area (Å²) >= 11 is 5.91. The van der Waals surface area contributed by atoms with E-state index in [0.29, 0.717) is 16.2 Å². The predicted molar refractivity (Wildman–Crippen MR) is 86.0 cm³/mol. The van der Waals surface area contributed by atoms with E-state index in [1.165, 1.54) is 0 Å². The number of hydrogen-bond acceptors (Lipinski definition) is 3. The minimum atomic E-state index is -1.20. The van der Waals surface area contributed by atoms with Crippen molar-refractivity contribution in [1.29, 1.82) is 0 Å². The van der Waals surface area contributed by atoms with Crippen molar-refractivity contribution in [1.82, 2.24) is 4.98 Å². The number of aromatic nitrogens is 1. The molecule has 0 fully saturated rings. The molecule has 0 saturated heterocycles. The Balaban J connectivity index is 1.85. The smallest absolute Gasteiger partial charge is 0.254 e. The van der Waals surface area contributed by atoms with Crippen molar-refractivity contribution in [2.75, 3.05) is 0 Å². The normalized spacial score (nSPS) is 10.8. The molecule has 122 valence electrons. The van der Waals surface area contributed by atoms with Crippen LogP contribution in [-0.4, -0.2) is 10.9 Å². The molecule has 1 heterocycles. The van der Waals surface area contributed by atoms with Crippen molar-refractivity contribution in [3.63, 3.8) is 0 Å². The Morgan fingerprint density at radius 1 is 1.17 bits per heavy atom. The first-order valence-electron chi connectivity index (χ1n) is 6.91. The molecule has 0 bridgehead atoms. The summed E-state index contributed by atoms with van der Waals surface area (Å²) in [5.41, 5.74) is 5.39. The lowest BCUT2D eigenvalue weighted by atomic mass is 10.1. The summed E-state index contributed by atoms with van der Waals surface area (Å²) in [4.78, 5) is 15.5. The number of fused-ring (bicyclic) bond motifs is 1. The molecule has 3 rings (SSSR count). The molecule has 2 N–H and O–H groups in total. The van der Waals surface area contributed by atoms with Gasteiger partial charge in [-0.2, -0.15) is 0 Å². The highest BCUT2D eigenvalue weighted by Crippen LogP contribution is 2.24. The second-order valence-corrected chi connectivity index (χ2v) is 5.46. The Morgan fingerprint density at radius 2 is 1.96 bits per heavy atom. The van der Waals surface area contributed by atoms with Gasteiger partial charge in [-0.05, 0) is 36.4 Å². The van der Waals surface area contributed by atoms with Crippen LogP contribution in [0.25, 0.3) is 10.9 Å². The van der Waals surface area contributed by atoms with Crippen molar-refractivity contribution >= 4 is 28.4 Å². The molecule has 0 aliphatic carbocycles. The van der Waals surface area contributed by atoms with Crippen LogP contribution in [0.1, 0.15) is 16.1 Å². The number of carbonyl (C=O) groups is 1. The Kier molecular flexibility index (Phi) is 4.31. The van der Waals surface area contributed by atoms with Gasteiger partial charge >= 0.3 is 0 Å². The van der Waals surface area contributed by atoms with Gasteiger partial charge in [0.1, 0.15) is 18.0 Å². The number of nitrogens with zero attached hydrogens (tertiary/aromatic N) is 1. The summed E-state index contributed by atoms with van der Waals surface area (Å²) < 4.78 is 32.8. The number of amides is 1. The average molecular weight is 349 g/mol. The number of benzene rings is 2. The van der Waals surface area contributed by atoms with Gasteiger partial charge in [0.25, 0.3) is 5.91 Å². The minimum absolute atomic E-state index is 0.0562. The summed E-state index contributed by atoms with van der Waals surface area (Å²) in [6.45, 7) is -0.0562. The third-order valence-electron chi connectivity index (χ3n) is 3.39. The van der Waals surface area contributed by atoms with Gasteiger partial charge in [0, 0.05) is 10.4 Å². The Labute approximate surface area is 140 Å². The van der Waals surface area contributed by atoms with E-state index >= 15 is 0 Å². The van der Waals surface area contributed by atoms with Crippen molar-refractivity contribution in [3.8, 4) is 5.75 Å². The zero-order valence-corrected chi connectivity index (χ0v) is 13.0. The maximum atomic E-state index is 14.1. The molecular formula is C17H11ClF2N2O2. The highest BCUT2D eigenvalue weighted by atomic mass is 35.5. The van der Waals surface area contributed by atoms with Crippen molar-refractivity contribution < 1.29 is 18.3 Å². The van der Waals surface area contributed by atoms with Crippen LogP contribution in [0.3, 0.4) is 0 Å². The summed E-state index contributed by atoms with van der Waals surface area (Å²) in [7, 11) is 0. The number of ether oxygens (including phenoxy) is 1. The molecule has 0 atom stereocenters. The number of primary amides is 1. The fraction of sp³-hybridized carbons (Fsp3) is 0.0588. The number of carbonyl (C=O) groups excluding carboxylic acids is 1. The maximum Gasteiger partial charge on any atom is 0.254 e. The fourth-order valence-electron chi connectivity index (χ4n) is 2.24. The van der Waals surface area contributed by atoms with Gasteiger partial charge in [-0.3, -0.25) is 4.79 Å². The fourth-order valence-corrected chi connectivity index (χ4v) is 2.42. The summed E-state index contributed by atoms with van der Waals surface area (Å²) in [5, 5.41) is 1.45. The standard InChI is InChI=1S/C17H11ClF2N2O2/c18-10-2-5-13-9(7-10)1-3-11(22-13)8-24-14-6-4-12(19)15(16(14)20)17(21)23/h1-7H,8H2,(H2,21,23). The zero-order chi connectivity index (χ0) is 17.3. The topological polar surface area (TPSA) is 65.2 Å². The van der Waals surface area contributed by atoms with Gasteiger partial charge < -0.3 is 10.5 Å². The summed E-state index contributed by atoms with van der Waals surface area (Å²) in [6, 6.07) is 10.8. The first-order valence-corrected chi connectivity index (χ1v) is 7.29. The Bertz CT molecular complexity index is 947. The van der Waals surface area contributed by atoms with E-state index in [4.69, 9.17) is 22.1 Å². The lowest BCUT2D eigenvalue weighted by molar-refractivity contribution is 0.0991. The number of nitrogens with two attached hydrogens (primary N) is 1. The number of halogens is 3. The van der Waals surface area contributed by atoms with E-state index in [2.05, 4.69) is 4.98 Å². The van der Waals surface area contributed by atoms with Gasteiger partial charge in [-0.15, -0.1) is 0 Å². The number of hydrogen-bond donors (Lipinski definition) is 1. The SMILES string of the molecule is NC(=O)c1c(F)ccc(OCc2ccc3cc(Cl)ccc3n2)c1F. The summed E-state index contributed by atoms with van der Waals surface area (Å²) in [6.07, 6.45) is 0. The lowest BCUT2D eigenvalue weighted by Crippen LogP contribution is -2.16. The molecule has 24 heavy (non-hydrogen) atoms. The van der Waals surface area contributed by atoms with Crippen LogP contribution in [-0.2, 0) is 6.61 Å². The van der Waals surface area contributed by atoms with E-state index in [9.17, 15) is 13.6 Å². The van der Waals surface area contributed by atoms with Gasteiger partial charge in [0.05, 0.1) is 11.2 Å². The highest BCUT2D eigenvalue weighted by Gasteiger charge is 2.19. The van der Waals surface area contributed by atoms with Crippen LogP contribution >= 0.6 is 11.6 Å². The van der Waals surface area contributed by atoms with Crippen LogP contribution in [0.2, 0.25) is 5.02 Å². The van der Waals surface area contributed by atoms with Crippen LogP contribution in [0, 0.1) is 11.6 Å². The molecule has 0 aliphatic rings. The van der Waals surface area contributed by atoms with E-state index in [-0.39, 0.29) is 12.4 Å². The van der Waals surface area contributed by atoms with Gasteiger partial charge in [0.15, 0.2) is 11.6 Å². The van der Waals surface area contributed by atoms with Crippen molar-refractivity contribution in [3.05, 3.63) is 70.4 Å². The number of rotatable bonds is 4. The summed E-state index contributed by atoms with van der Waals surface area (Å²) in [5.74, 6) is -3.64. The molecule has 0 unspecified atom stereocenters. The van der Waals surface area contributed by atoms with Gasteiger partial charge in [-0.1, -0.05) is 17.7 Å². The second-order valence-electron chi connectivity index (χ2n) is 5.03. The molecule has 3 aromatic rings. The maximum absolute atomic E-state index is 14.1. The van der Waals surface area contributed by atoms with E-state index in [1.807, 2.05) is 6.07 Å². The molecular weight excluding hydrogens is 338 g/mol. The monoisotopic (exact) mass is 348 g/mol. The first kappa shape index (κ1) is 16.1. The average Bonchev–Trinajstić information content (AvgIpc) is 2.54. The third-order valence-corrected chi connectivity index (χ3v) is 3.62. The molecule has 1 amide bonds. The molecule has 0 saturated carbocycles. The molecule has 2 aromatic carbocycles. The quantitative estimate of drug-likeness (QED) is 0.779. The molecule has 4 nitrogen and oxygen atoms in total. The van der Waals surface area contributed by atoms with Crippen LogP contribution < -0.4 is 10.5 Å². The minimum Gasteiger partial charge on any atom is -0.484 e. The van der Waals surface area contributed by atoms with Crippen LogP contribution in [0.5, 0.6) is 5.75 Å². The highest BCUT2D eigenvalue weighted by molar-refractivity contribution is 6.31. The predicted octanol–water partition coefficient (Wildman–Crippen LogP) is 3.84. The second kappa shape index (κ2) is 6.41. The van der Waals surface area contributed by atoms with Crippen molar-refractivity contribution in [2.24, 2.45) is 5.73 Å². The molecule has 1 aromatic heterocycles. The third kappa shape index (κ3) is 3.14. The first-order chi connectivity index (χ1) is 11.5. The lowest BCUT2D eigenvalue weighted by Gasteiger charge is -2.10. The van der Waals surface area contributed by atoms with E-state index in [1.54, 1.807) is 24.3 Å². The van der Waals surface area contributed by atoms with Gasteiger partial charge in [-0.25, -0.2) is 13.8 Å². The molecule has 0 aliphatic heterocycles. The Morgan fingerprint density at radius 3 is 2.71 bits per heavy atom.